The van der Waals surface area contributed by atoms with Crippen molar-refractivity contribution in [1.82, 2.24) is 9.78 Å². The van der Waals surface area contributed by atoms with Crippen LogP contribution in [0.5, 0.6) is 0 Å². The van der Waals surface area contributed by atoms with Crippen molar-refractivity contribution in [3.63, 3.8) is 0 Å². The Balaban J connectivity index is 1.67. The molecule has 1 aliphatic heterocycles. The van der Waals surface area contributed by atoms with Crippen LogP contribution in [0.15, 0.2) is 34.8 Å². The third-order valence-corrected chi connectivity index (χ3v) is 7.73. The van der Waals surface area contributed by atoms with E-state index in [1.165, 1.54) is 13.0 Å². The molecule has 0 spiro atoms. The molecule has 3 heterocycles. The number of esters is 2. The standard InChI is InChI=1S/C25H24BrF3N4O5S/c1-4-37-23(35)19-12(3)20(24(36)38-5-2)39-22(19)31-21(34)16-11-18-30-15(13-6-8-14(26)9-7-13)10-17(25(27,28)29)33(18)32-16/h6-9,11,15,17,30H,4-5,10H2,1-3H3,(H,31,34). The summed E-state index contributed by atoms with van der Waals surface area (Å²) in [7, 11) is 0. The molecule has 4 rings (SSSR count). The van der Waals surface area contributed by atoms with E-state index in [1.54, 1.807) is 38.1 Å². The van der Waals surface area contributed by atoms with E-state index in [0.717, 1.165) is 20.5 Å². The molecule has 3 aromatic rings. The van der Waals surface area contributed by atoms with Gasteiger partial charge in [-0.25, -0.2) is 14.3 Å². The van der Waals surface area contributed by atoms with Crippen LogP contribution in [0.3, 0.4) is 0 Å². The Labute approximate surface area is 233 Å². The van der Waals surface area contributed by atoms with Crippen molar-refractivity contribution in [3.05, 3.63) is 62.1 Å². The molecule has 2 N–H and O–H groups in total. The number of thiophene rings is 1. The number of hydrogen-bond acceptors (Lipinski definition) is 8. The van der Waals surface area contributed by atoms with Crippen molar-refractivity contribution in [2.24, 2.45) is 0 Å². The Morgan fingerprint density at radius 1 is 1.15 bits per heavy atom. The lowest BCUT2D eigenvalue weighted by atomic mass is 9.97. The van der Waals surface area contributed by atoms with Crippen LogP contribution in [0.1, 0.15) is 74.0 Å². The number of halogens is 4. The molecule has 2 unspecified atom stereocenters. The summed E-state index contributed by atoms with van der Waals surface area (Å²) >= 11 is 4.13. The molecule has 0 saturated carbocycles. The minimum Gasteiger partial charge on any atom is -0.462 e. The number of nitrogens with one attached hydrogen (secondary N) is 2. The Kier molecular flexibility index (Phi) is 8.35. The fourth-order valence-electron chi connectivity index (χ4n) is 4.21. The van der Waals surface area contributed by atoms with Crippen molar-refractivity contribution in [2.75, 3.05) is 23.8 Å². The lowest BCUT2D eigenvalue weighted by Gasteiger charge is -2.33. The summed E-state index contributed by atoms with van der Waals surface area (Å²) < 4.78 is 53.8. The van der Waals surface area contributed by atoms with E-state index < -0.39 is 36.1 Å². The Bertz CT molecular complexity index is 1400. The van der Waals surface area contributed by atoms with Crippen molar-refractivity contribution in [3.8, 4) is 0 Å². The second-order valence-electron chi connectivity index (χ2n) is 8.56. The number of benzene rings is 1. The largest absolute Gasteiger partial charge is 0.462 e. The van der Waals surface area contributed by atoms with Gasteiger partial charge < -0.3 is 20.1 Å². The molecule has 0 aliphatic carbocycles. The van der Waals surface area contributed by atoms with Crippen molar-refractivity contribution in [2.45, 2.75) is 45.5 Å². The van der Waals surface area contributed by atoms with Crippen LogP contribution >= 0.6 is 27.3 Å². The first-order chi connectivity index (χ1) is 18.4. The fourth-order valence-corrected chi connectivity index (χ4v) is 5.56. The maximum absolute atomic E-state index is 14.0. The number of alkyl halides is 3. The van der Waals surface area contributed by atoms with Crippen molar-refractivity contribution in [1.29, 1.82) is 0 Å². The molecule has 2 aromatic heterocycles. The summed E-state index contributed by atoms with van der Waals surface area (Å²) in [4.78, 5) is 38.3. The van der Waals surface area contributed by atoms with Crippen LogP contribution < -0.4 is 10.6 Å². The average Bonchev–Trinajstić information content (AvgIpc) is 3.44. The van der Waals surface area contributed by atoms with Gasteiger partial charge >= 0.3 is 18.1 Å². The molecule has 1 amide bonds. The summed E-state index contributed by atoms with van der Waals surface area (Å²) in [6.45, 7) is 4.89. The van der Waals surface area contributed by atoms with Gasteiger partial charge in [0.15, 0.2) is 11.7 Å². The van der Waals surface area contributed by atoms with Crippen LogP contribution in [-0.4, -0.2) is 47.0 Å². The third-order valence-electron chi connectivity index (χ3n) is 6.01. The number of anilines is 2. The maximum Gasteiger partial charge on any atom is 0.410 e. The van der Waals surface area contributed by atoms with Gasteiger partial charge in [-0.05, 0) is 44.0 Å². The van der Waals surface area contributed by atoms with E-state index in [4.69, 9.17) is 9.47 Å². The predicted octanol–water partition coefficient (Wildman–Crippen LogP) is 6.28. The zero-order valence-corrected chi connectivity index (χ0v) is 23.4. The highest BCUT2D eigenvalue weighted by molar-refractivity contribution is 9.10. The van der Waals surface area contributed by atoms with Crippen LogP contribution in [0, 0.1) is 6.92 Å². The van der Waals surface area contributed by atoms with Gasteiger partial charge in [0.1, 0.15) is 15.7 Å². The molecular formula is C25H24BrF3N4O5S. The highest BCUT2D eigenvalue weighted by atomic mass is 79.9. The average molecular weight is 629 g/mol. The first kappa shape index (κ1) is 28.6. The maximum atomic E-state index is 14.0. The highest BCUT2D eigenvalue weighted by Crippen LogP contribution is 2.44. The van der Waals surface area contributed by atoms with Gasteiger partial charge in [0.2, 0.25) is 0 Å². The second kappa shape index (κ2) is 11.4. The Hall–Kier alpha value is -3.39. The molecule has 1 aliphatic rings. The number of amides is 1. The number of nitrogens with zero attached hydrogens (tertiary/aromatic N) is 2. The molecular weight excluding hydrogens is 605 g/mol. The molecule has 2 atom stereocenters. The van der Waals surface area contributed by atoms with Gasteiger partial charge in [-0.15, -0.1) is 11.3 Å². The van der Waals surface area contributed by atoms with E-state index in [9.17, 15) is 27.6 Å². The number of rotatable bonds is 7. The number of hydrogen-bond donors (Lipinski definition) is 2. The molecule has 0 saturated heterocycles. The number of aromatic nitrogens is 2. The molecule has 0 bridgehead atoms. The first-order valence-corrected chi connectivity index (χ1v) is 13.5. The SMILES string of the molecule is CCOC(=O)c1sc(NC(=O)c2cc3n(n2)C(C(F)(F)F)CC(c2ccc(Br)cc2)N3)c(C(=O)OCC)c1C. The van der Waals surface area contributed by atoms with Gasteiger partial charge in [-0.1, -0.05) is 28.1 Å². The quantitative estimate of drug-likeness (QED) is 0.296. The number of carbonyl (C=O) groups excluding carboxylic acids is 3. The molecule has 1 aromatic carbocycles. The minimum atomic E-state index is -4.62. The van der Waals surface area contributed by atoms with Gasteiger partial charge in [0.25, 0.3) is 5.91 Å². The monoisotopic (exact) mass is 628 g/mol. The van der Waals surface area contributed by atoms with E-state index >= 15 is 0 Å². The van der Waals surface area contributed by atoms with Crippen LogP contribution in [0.4, 0.5) is 24.0 Å². The second-order valence-corrected chi connectivity index (χ2v) is 10.5. The number of carbonyl (C=O) groups is 3. The topological polar surface area (TPSA) is 112 Å². The van der Waals surface area contributed by atoms with Gasteiger partial charge in [-0.2, -0.15) is 18.3 Å². The summed E-state index contributed by atoms with van der Waals surface area (Å²) in [6.07, 6.45) is -4.96. The first-order valence-electron chi connectivity index (χ1n) is 11.9. The van der Waals surface area contributed by atoms with E-state index in [2.05, 4.69) is 31.7 Å². The van der Waals surface area contributed by atoms with Crippen LogP contribution in [-0.2, 0) is 9.47 Å². The van der Waals surface area contributed by atoms with E-state index in [0.29, 0.717) is 5.56 Å². The molecule has 9 nitrogen and oxygen atoms in total. The van der Waals surface area contributed by atoms with E-state index in [-0.39, 0.29) is 52.2 Å². The van der Waals surface area contributed by atoms with E-state index in [1.807, 2.05) is 0 Å². The highest BCUT2D eigenvalue weighted by Gasteiger charge is 2.47. The molecule has 14 heteroatoms. The predicted molar refractivity (Wildman–Crippen MR) is 141 cm³/mol. The zero-order chi connectivity index (χ0) is 28.5. The van der Waals surface area contributed by atoms with Crippen molar-refractivity contribution < 1.29 is 37.0 Å². The minimum absolute atomic E-state index is 0.00181. The third kappa shape index (κ3) is 5.96. The molecule has 208 valence electrons. The molecule has 39 heavy (non-hydrogen) atoms. The summed E-state index contributed by atoms with van der Waals surface area (Å²) in [5.74, 6) is -2.29. The van der Waals surface area contributed by atoms with Gasteiger partial charge in [-0.3, -0.25) is 4.79 Å². The smallest absolute Gasteiger partial charge is 0.410 e. The lowest BCUT2D eigenvalue weighted by molar-refractivity contribution is -0.173. The Morgan fingerprint density at radius 2 is 1.79 bits per heavy atom. The summed E-state index contributed by atoms with van der Waals surface area (Å²) in [5, 5.41) is 9.50. The van der Waals surface area contributed by atoms with Gasteiger partial charge in [0, 0.05) is 17.0 Å². The lowest BCUT2D eigenvalue weighted by Crippen LogP contribution is -2.35. The van der Waals surface area contributed by atoms with Crippen LogP contribution in [0.25, 0.3) is 0 Å². The van der Waals surface area contributed by atoms with Gasteiger partial charge in [0.05, 0.1) is 24.8 Å². The number of fused-ring (bicyclic) bond motifs is 1. The molecule has 0 radical (unpaired) electrons. The summed E-state index contributed by atoms with van der Waals surface area (Å²) in [5.41, 5.74) is 0.559. The summed E-state index contributed by atoms with van der Waals surface area (Å²) in [6, 6.07) is 5.47. The zero-order valence-electron chi connectivity index (χ0n) is 21.0. The fraction of sp³-hybridized carbons (Fsp3) is 0.360. The van der Waals surface area contributed by atoms with Crippen LogP contribution in [0.2, 0.25) is 0 Å². The molecule has 0 fully saturated rings. The normalized spacial score (nSPS) is 16.7. The van der Waals surface area contributed by atoms with Crippen molar-refractivity contribution >= 4 is 55.9 Å². The Morgan fingerprint density at radius 3 is 2.41 bits per heavy atom. The number of ether oxygens (including phenoxy) is 2.